The molecule has 1 aliphatic rings. The lowest BCUT2D eigenvalue weighted by atomic mass is 9.86. The molecule has 6 nitrogen and oxygen atoms in total. The molecule has 0 N–H and O–H groups in total. The van der Waals surface area contributed by atoms with Gasteiger partial charge < -0.3 is 9.47 Å². The van der Waals surface area contributed by atoms with Crippen LogP contribution in [0.2, 0.25) is 5.02 Å². The van der Waals surface area contributed by atoms with Crippen LogP contribution in [-0.2, 0) is 26.7 Å². The summed E-state index contributed by atoms with van der Waals surface area (Å²) in [5.41, 5.74) is 4.20. The smallest absolute Gasteiger partial charge is 0.311 e. The molecule has 1 saturated carbocycles. The molecular formula is C28H38ClN3O3. The highest BCUT2D eigenvalue weighted by atomic mass is 35.5. The molecule has 3 rings (SSSR count). The number of aryl methyl sites for hydroxylation is 2. The fourth-order valence-corrected chi connectivity index (χ4v) is 4.70. The maximum Gasteiger partial charge on any atom is 0.311 e. The van der Waals surface area contributed by atoms with Crippen LogP contribution in [0.25, 0.3) is 11.3 Å². The van der Waals surface area contributed by atoms with Crippen LogP contribution in [-0.4, -0.2) is 35.3 Å². The average molecular weight is 500 g/mol. The number of ether oxygens (including phenoxy) is 2. The van der Waals surface area contributed by atoms with Crippen LogP contribution in [0.15, 0.2) is 29.3 Å². The van der Waals surface area contributed by atoms with Gasteiger partial charge in [-0.2, -0.15) is 5.10 Å². The predicted octanol–water partition coefficient (Wildman–Crippen LogP) is 6.73. The summed E-state index contributed by atoms with van der Waals surface area (Å²) in [6.07, 6.45) is 5.98. The minimum Gasteiger partial charge on any atom is -0.452 e. The van der Waals surface area contributed by atoms with E-state index >= 15 is 0 Å². The molecule has 35 heavy (non-hydrogen) atoms. The maximum atomic E-state index is 12.8. The van der Waals surface area contributed by atoms with E-state index < -0.39 is 6.29 Å². The molecule has 1 fully saturated rings. The number of carbonyl (C=O) groups is 1. The zero-order valence-electron chi connectivity index (χ0n) is 22.0. The fourth-order valence-electron chi connectivity index (χ4n) is 4.46. The van der Waals surface area contributed by atoms with Crippen molar-refractivity contribution in [1.82, 2.24) is 9.78 Å². The lowest BCUT2D eigenvalue weighted by molar-refractivity contribution is -0.170. The van der Waals surface area contributed by atoms with Gasteiger partial charge in [0.05, 0.1) is 16.6 Å². The molecule has 7 heteroatoms. The topological polar surface area (TPSA) is 65.7 Å². The molecule has 190 valence electrons. The van der Waals surface area contributed by atoms with Crippen LogP contribution in [0, 0.1) is 12.8 Å². The van der Waals surface area contributed by atoms with Gasteiger partial charge in [-0.1, -0.05) is 75.9 Å². The van der Waals surface area contributed by atoms with Crippen molar-refractivity contribution in [2.24, 2.45) is 18.0 Å². The van der Waals surface area contributed by atoms with Gasteiger partial charge >= 0.3 is 5.97 Å². The SMILES string of the molecule is CN=C/C(=C(/OC(C)OC(=O)C1CCCCC1)c1c(Cl)c(C)nn1C)c1ccc(C(C)(C)C)cc1. The lowest BCUT2D eigenvalue weighted by Crippen LogP contribution is -2.26. The summed E-state index contributed by atoms with van der Waals surface area (Å²) in [6.45, 7) is 10.1. The van der Waals surface area contributed by atoms with Gasteiger partial charge in [0.2, 0.25) is 6.29 Å². The predicted molar refractivity (Wildman–Crippen MR) is 143 cm³/mol. The van der Waals surface area contributed by atoms with Crippen molar-refractivity contribution in [2.45, 2.75) is 78.4 Å². The Hall–Kier alpha value is -2.60. The third-order valence-electron chi connectivity index (χ3n) is 6.43. The normalized spacial score (nSPS) is 16.8. The number of halogens is 1. The zero-order chi connectivity index (χ0) is 25.8. The molecule has 1 aliphatic carbocycles. The van der Waals surface area contributed by atoms with E-state index in [-0.39, 0.29) is 17.3 Å². The first-order valence-corrected chi connectivity index (χ1v) is 12.7. The summed E-state index contributed by atoms with van der Waals surface area (Å²) in [5, 5.41) is 4.96. The second kappa shape index (κ2) is 11.4. The summed E-state index contributed by atoms with van der Waals surface area (Å²) in [6, 6.07) is 8.33. The van der Waals surface area contributed by atoms with Crippen LogP contribution in [0.1, 0.15) is 82.3 Å². The molecule has 1 atom stereocenters. The maximum absolute atomic E-state index is 12.8. The number of esters is 1. The van der Waals surface area contributed by atoms with E-state index in [1.807, 2.05) is 14.0 Å². The first kappa shape index (κ1) is 27.0. The third-order valence-corrected chi connectivity index (χ3v) is 6.89. The molecule has 0 radical (unpaired) electrons. The number of nitrogens with zero attached hydrogens (tertiary/aromatic N) is 3. The Labute approximate surface area is 214 Å². The van der Waals surface area contributed by atoms with Crippen LogP contribution in [0.5, 0.6) is 0 Å². The van der Waals surface area contributed by atoms with E-state index in [9.17, 15) is 4.79 Å². The number of hydrogen-bond acceptors (Lipinski definition) is 5. The van der Waals surface area contributed by atoms with Crippen molar-refractivity contribution >= 4 is 35.1 Å². The van der Waals surface area contributed by atoms with Gasteiger partial charge in [0.1, 0.15) is 5.69 Å². The fraction of sp³-hybridized carbons (Fsp3) is 0.536. The zero-order valence-corrected chi connectivity index (χ0v) is 22.8. The standard InChI is InChI=1S/C28H38ClN3O3/c1-18-24(29)25(32(7)31-18)26(34-19(2)35-27(33)21-11-9-8-10-12-21)23(17-30-6)20-13-15-22(16-14-20)28(3,4)5/h13-17,19,21H,8-12H2,1-7H3/b26-23-,30-17?. The summed E-state index contributed by atoms with van der Waals surface area (Å²) < 4.78 is 13.8. The molecule has 0 bridgehead atoms. The highest BCUT2D eigenvalue weighted by Gasteiger charge is 2.28. The van der Waals surface area contributed by atoms with Crippen LogP contribution in [0.3, 0.4) is 0 Å². The molecule has 0 saturated heterocycles. The number of carbonyl (C=O) groups excluding carboxylic acids is 1. The second-order valence-corrected chi connectivity index (χ2v) is 10.7. The molecule has 0 amide bonds. The molecule has 2 aromatic rings. The summed E-state index contributed by atoms with van der Waals surface area (Å²) in [7, 11) is 3.53. The summed E-state index contributed by atoms with van der Waals surface area (Å²) in [4.78, 5) is 17.1. The summed E-state index contributed by atoms with van der Waals surface area (Å²) in [5.74, 6) is 0.201. The molecule has 0 spiro atoms. The van der Waals surface area contributed by atoms with Crippen LogP contribution in [0.4, 0.5) is 0 Å². The summed E-state index contributed by atoms with van der Waals surface area (Å²) >= 11 is 6.69. The number of aromatic nitrogens is 2. The van der Waals surface area contributed by atoms with E-state index in [0.717, 1.165) is 36.8 Å². The largest absolute Gasteiger partial charge is 0.452 e. The Morgan fingerprint density at radius 2 is 1.80 bits per heavy atom. The number of rotatable bonds is 7. The van der Waals surface area contributed by atoms with Crippen molar-refractivity contribution in [1.29, 1.82) is 0 Å². The molecule has 0 aliphatic heterocycles. The highest BCUT2D eigenvalue weighted by molar-refractivity contribution is 6.33. The van der Waals surface area contributed by atoms with Gasteiger partial charge in [-0.25, -0.2) is 0 Å². The Kier molecular flexibility index (Phi) is 8.81. The Morgan fingerprint density at radius 1 is 1.17 bits per heavy atom. The number of allylic oxidation sites excluding steroid dienone is 1. The first-order valence-electron chi connectivity index (χ1n) is 12.4. The van der Waals surface area contributed by atoms with Gasteiger partial charge in [-0.05, 0) is 36.3 Å². The Balaban J connectivity index is 2.04. The van der Waals surface area contributed by atoms with Crippen LogP contribution < -0.4 is 0 Å². The van der Waals surface area contributed by atoms with Gasteiger partial charge in [-0.3, -0.25) is 14.5 Å². The Bertz CT molecular complexity index is 1090. The molecule has 1 aromatic heterocycles. The third kappa shape index (κ3) is 6.54. The second-order valence-electron chi connectivity index (χ2n) is 10.3. The van der Waals surface area contributed by atoms with E-state index in [2.05, 4.69) is 55.1 Å². The average Bonchev–Trinajstić information content (AvgIpc) is 3.07. The quantitative estimate of drug-likeness (QED) is 0.183. The molecular weight excluding hydrogens is 462 g/mol. The van der Waals surface area contributed by atoms with Gasteiger partial charge in [-0.15, -0.1) is 0 Å². The molecule has 1 aromatic carbocycles. The van der Waals surface area contributed by atoms with Gasteiger partial charge in [0.15, 0.2) is 5.76 Å². The van der Waals surface area contributed by atoms with Crippen molar-refractivity contribution < 1.29 is 14.3 Å². The van der Waals surface area contributed by atoms with Crippen molar-refractivity contribution in [3.63, 3.8) is 0 Å². The minimum absolute atomic E-state index is 0.0326. The number of hydrogen-bond donors (Lipinski definition) is 0. The monoisotopic (exact) mass is 499 g/mol. The van der Waals surface area contributed by atoms with Gasteiger partial charge in [0.25, 0.3) is 0 Å². The highest BCUT2D eigenvalue weighted by Crippen LogP contribution is 2.35. The molecule has 1 heterocycles. The van der Waals surface area contributed by atoms with Crippen molar-refractivity contribution in [3.8, 4) is 0 Å². The number of aliphatic imine (C=N–C) groups is 1. The van der Waals surface area contributed by atoms with Crippen LogP contribution >= 0.6 is 11.6 Å². The lowest BCUT2D eigenvalue weighted by Gasteiger charge is -2.24. The van der Waals surface area contributed by atoms with Crippen molar-refractivity contribution in [2.75, 3.05) is 7.05 Å². The van der Waals surface area contributed by atoms with Crippen molar-refractivity contribution in [3.05, 3.63) is 51.8 Å². The minimum atomic E-state index is -0.806. The molecule has 1 unspecified atom stereocenters. The first-order chi connectivity index (χ1) is 16.5. The van der Waals surface area contributed by atoms with E-state index in [1.54, 1.807) is 24.9 Å². The van der Waals surface area contributed by atoms with E-state index in [0.29, 0.717) is 22.2 Å². The Morgan fingerprint density at radius 3 is 2.31 bits per heavy atom. The van der Waals surface area contributed by atoms with E-state index in [1.165, 1.54) is 12.0 Å². The van der Waals surface area contributed by atoms with Gasteiger partial charge in [0, 0.05) is 32.8 Å². The number of benzene rings is 1. The van der Waals surface area contributed by atoms with E-state index in [4.69, 9.17) is 21.1 Å².